The number of nitrogens with zero attached hydrogens (tertiary/aromatic N) is 1. The number of carbonyl (C=O) groups is 1. The van der Waals surface area contributed by atoms with E-state index in [1.807, 2.05) is 19.2 Å². The Morgan fingerprint density at radius 1 is 1.19 bits per heavy atom. The smallest absolute Gasteiger partial charge is 0.253 e. The third-order valence-electron chi connectivity index (χ3n) is 5.72. The highest BCUT2D eigenvalue weighted by Gasteiger charge is 2.23. The summed E-state index contributed by atoms with van der Waals surface area (Å²) in [6.45, 7) is 2.31. The van der Waals surface area contributed by atoms with Crippen LogP contribution in [0.25, 0.3) is 11.1 Å². The Balaban J connectivity index is 1.79. The maximum absolute atomic E-state index is 12.1. The van der Waals surface area contributed by atoms with Gasteiger partial charge in [0.2, 0.25) is 5.91 Å². The van der Waals surface area contributed by atoms with Crippen LogP contribution in [0.1, 0.15) is 48.8 Å². The second-order valence-electron chi connectivity index (χ2n) is 7.72. The number of nitrogens with one attached hydrogen (secondary N) is 1. The van der Waals surface area contributed by atoms with Gasteiger partial charge in [0.1, 0.15) is 0 Å². The molecule has 0 spiro atoms. The van der Waals surface area contributed by atoms with E-state index in [-0.39, 0.29) is 11.5 Å². The minimum absolute atomic E-state index is 0.00812. The van der Waals surface area contributed by atoms with E-state index in [0.717, 1.165) is 47.2 Å². The van der Waals surface area contributed by atoms with Gasteiger partial charge in [-0.05, 0) is 48.9 Å². The standard InChI is InChI=1S/C22H26N2O3/c1-14-11-16(12-24(2)22(14)26)18-9-7-15-8-10-20(25)23-21(15)19(18)13-27-17-5-3-4-6-17/h7,9,11-12,17H,3-6,8,10,13H2,1-2H3,(H,23,25). The molecule has 4 rings (SSSR count). The number of carbonyl (C=O) groups excluding carboxylic acids is 1. The van der Waals surface area contributed by atoms with Gasteiger partial charge in [0.15, 0.2) is 0 Å². The molecular weight excluding hydrogens is 340 g/mol. The molecule has 142 valence electrons. The Bertz CT molecular complexity index is 913. The van der Waals surface area contributed by atoms with Gasteiger partial charge in [0.05, 0.1) is 18.4 Å². The molecule has 5 nitrogen and oxygen atoms in total. The number of aryl methyl sites for hydroxylation is 3. The fourth-order valence-corrected chi connectivity index (χ4v) is 4.21. The predicted molar refractivity (Wildman–Crippen MR) is 106 cm³/mol. The van der Waals surface area contributed by atoms with Gasteiger partial charge < -0.3 is 14.6 Å². The van der Waals surface area contributed by atoms with Crippen LogP contribution in [-0.2, 0) is 29.6 Å². The van der Waals surface area contributed by atoms with E-state index in [9.17, 15) is 9.59 Å². The van der Waals surface area contributed by atoms with Gasteiger partial charge >= 0.3 is 0 Å². The molecule has 5 heteroatoms. The molecule has 1 aromatic heterocycles. The topological polar surface area (TPSA) is 60.3 Å². The number of amides is 1. The molecular formula is C22H26N2O3. The first-order valence-electron chi connectivity index (χ1n) is 9.77. The lowest BCUT2D eigenvalue weighted by atomic mass is 9.92. The molecule has 2 heterocycles. The minimum Gasteiger partial charge on any atom is -0.373 e. The zero-order valence-electron chi connectivity index (χ0n) is 16.0. The third kappa shape index (κ3) is 3.56. The van der Waals surface area contributed by atoms with Crippen LogP contribution in [0, 0.1) is 6.92 Å². The molecule has 1 fully saturated rings. The number of aromatic nitrogens is 1. The molecule has 1 aromatic carbocycles. The SMILES string of the molecule is Cc1cc(-c2ccc3c(c2COC2CCCC2)NC(=O)CC3)cn(C)c1=O. The largest absolute Gasteiger partial charge is 0.373 e. The van der Waals surface area contributed by atoms with Crippen LogP contribution >= 0.6 is 0 Å². The molecule has 1 amide bonds. The Kier molecular flexibility index (Phi) is 4.87. The first-order chi connectivity index (χ1) is 13.0. The summed E-state index contributed by atoms with van der Waals surface area (Å²) >= 11 is 0. The number of hydrogen-bond donors (Lipinski definition) is 1. The van der Waals surface area contributed by atoms with Gasteiger partial charge in [-0.1, -0.05) is 25.0 Å². The zero-order valence-corrected chi connectivity index (χ0v) is 16.0. The van der Waals surface area contributed by atoms with Crippen molar-refractivity contribution in [3.05, 3.63) is 51.4 Å². The van der Waals surface area contributed by atoms with E-state index >= 15 is 0 Å². The summed E-state index contributed by atoms with van der Waals surface area (Å²) in [5, 5.41) is 3.07. The average molecular weight is 366 g/mol. The van der Waals surface area contributed by atoms with E-state index in [1.165, 1.54) is 12.8 Å². The molecule has 2 aliphatic rings. The third-order valence-corrected chi connectivity index (χ3v) is 5.72. The predicted octanol–water partition coefficient (Wildman–Crippen LogP) is 3.70. The van der Waals surface area contributed by atoms with Gasteiger partial charge in [-0.2, -0.15) is 0 Å². The second kappa shape index (κ2) is 7.31. The van der Waals surface area contributed by atoms with E-state index in [1.54, 1.807) is 11.6 Å². The summed E-state index contributed by atoms with van der Waals surface area (Å²) < 4.78 is 7.83. The molecule has 0 unspecified atom stereocenters. The average Bonchev–Trinajstić information content (AvgIpc) is 3.17. The molecule has 1 aliphatic carbocycles. The summed E-state index contributed by atoms with van der Waals surface area (Å²) in [6, 6.07) is 6.11. The van der Waals surface area contributed by atoms with E-state index in [0.29, 0.717) is 24.7 Å². The number of anilines is 1. The number of fused-ring (bicyclic) bond motifs is 1. The van der Waals surface area contributed by atoms with Gasteiger partial charge in [-0.15, -0.1) is 0 Å². The lowest BCUT2D eigenvalue weighted by Crippen LogP contribution is -2.22. The summed E-state index contributed by atoms with van der Waals surface area (Å²) in [7, 11) is 1.77. The molecule has 0 radical (unpaired) electrons. The van der Waals surface area contributed by atoms with Crippen molar-refractivity contribution in [2.45, 2.75) is 58.2 Å². The first kappa shape index (κ1) is 18.0. The number of benzene rings is 1. The number of pyridine rings is 1. The van der Waals surface area contributed by atoms with Gasteiger partial charge in [0, 0.05) is 30.8 Å². The number of ether oxygens (including phenoxy) is 1. The molecule has 0 atom stereocenters. The Labute approximate surface area is 159 Å². The van der Waals surface area contributed by atoms with Crippen molar-refractivity contribution in [2.75, 3.05) is 5.32 Å². The second-order valence-corrected chi connectivity index (χ2v) is 7.72. The maximum atomic E-state index is 12.1. The lowest BCUT2D eigenvalue weighted by Gasteiger charge is -2.24. The van der Waals surface area contributed by atoms with Crippen molar-refractivity contribution < 1.29 is 9.53 Å². The van der Waals surface area contributed by atoms with Crippen LogP contribution < -0.4 is 10.9 Å². The number of rotatable bonds is 4. The van der Waals surface area contributed by atoms with Crippen LogP contribution in [0.5, 0.6) is 0 Å². The Hall–Kier alpha value is -2.40. The Morgan fingerprint density at radius 3 is 2.70 bits per heavy atom. The normalized spacial score (nSPS) is 17.0. The molecule has 1 saturated carbocycles. The van der Waals surface area contributed by atoms with E-state index < -0.39 is 0 Å². The van der Waals surface area contributed by atoms with E-state index in [4.69, 9.17) is 4.74 Å². The van der Waals surface area contributed by atoms with Gasteiger partial charge in [-0.25, -0.2) is 0 Å². The van der Waals surface area contributed by atoms with Crippen LogP contribution in [0.3, 0.4) is 0 Å². The van der Waals surface area contributed by atoms with E-state index in [2.05, 4.69) is 17.4 Å². The molecule has 2 aromatic rings. The molecule has 0 saturated heterocycles. The van der Waals surface area contributed by atoms with Crippen molar-refractivity contribution in [3.8, 4) is 11.1 Å². The van der Waals surface area contributed by atoms with Crippen LogP contribution in [0.2, 0.25) is 0 Å². The van der Waals surface area contributed by atoms with Crippen LogP contribution in [0.15, 0.2) is 29.2 Å². The maximum Gasteiger partial charge on any atom is 0.253 e. The fourth-order valence-electron chi connectivity index (χ4n) is 4.21. The monoisotopic (exact) mass is 366 g/mol. The Morgan fingerprint density at radius 2 is 1.96 bits per heavy atom. The highest BCUT2D eigenvalue weighted by molar-refractivity contribution is 5.96. The van der Waals surface area contributed by atoms with Crippen molar-refractivity contribution in [1.82, 2.24) is 4.57 Å². The summed E-state index contributed by atoms with van der Waals surface area (Å²) in [6.07, 6.45) is 8.10. The summed E-state index contributed by atoms with van der Waals surface area (Å²) in [4.78, 5) is 24.1. The van der Waals surface area contributed by atoms with Crippen molar-refractivity contribution in [3.63, 3.8) is 0 Å². The summed E-state index contributed by atoms with van der Waals surface area (Å²) in [5.74, 6) is 0.0541. The van der Waals surface area contributed by atoms with Crippen molar-refractivity contribution >= 4 is 11.6 Å². The van der Waals surface area contributed by atoms with Crippen LogP contribution in [0.4, 0.5) is 5.69 Å². The summed E-state index contributed by atoms with van der Waals surface area (Å²) in [5.41, 5.74) is 5.78. The first-order valence-corrected chi connectivity index (χ1v) is 9.77. The van der Waals surface area contributed by atoms with Crippen molar-refractivity contribution in [2.24, 2.45) is 7.05 Å². The highest BCUT2D eigenvalue weighted by atomic mass is 16.5. The van der Waals surface area contributed by atoms with Gasteiger partial charge in [0.25, 0.3) is 5.56 Å². The molecule has 0 bridgehead atoms. The van der Waals surface area contributed by atoms with Crippen LogP contribution in [-0.4, -0.2) is 16.6 Å². The molecule has 1 aliphatic heterocycles. The quantitative estimate of drug-likeness (QED) is 0.897. The number of hydrogen-bond acceptors (Lipinski definition) is 3. The minimum atomic E-state index is 0.00812. The molecule has 27 heavy (non-hydrogen) atoms. The van der Waals surface area contributed by atoms with Crippen molar-refractivity contribution in [1.29, 1.82) is 0 Å². The fraction of sp³-hybridized carbons (Fsp3) is 0.455. The highest BCUT2D eigenvalue weighted by Crippen LogP contribution is 2.36. The zero-order chi connectivity index (χ0) is 19.0. The lowest BCUT2D eigenvalue weighted by molar-refractivity contribution is -0.116. The van der Waals surface area contributed by atoms with Gasteiger partial charge in [-0.3, -0.25) is 9.59 Å². The molecule has 1 N–H and O–H groups in total.